The van der Waals surface area contributed by atoms with Crippen LogP contribution in [0.25, 0.3) is 0 Å². The van der Waals surface area contributed by atoms with Gasteiger partial charge in [-0.05, 0) is 58.3 Å². The van der Waals surface area contributed by atoms with Crippen LogP contribution < -0.4 is 5.32 Å². The number of hydrogen-bond donors (Lipinski definition) is 1. The normalized spacial score (nSPS) is 36.9. The molecule has 1 saturated carbocycles. The van der Waals surface area contributed by atoms with Crippen LogP contribution in [0.2, 0.25) is 0 Å². The molecule has 0 bridgehead atoms. The average molecular weight is 452 g/mol. The van der Waals surface area contributed by atoms with Crippen molar-refractivity contribution in [3.8, 4) is 0 Å². The van der Waals surface area contributed by atoms with E-state index in [1.165, 1.54) is 5.57 Å². The number of carbonyl (C=O) groups is 1. The zero-order chi connectivity index (χ0) is 23.7. The van der Waals surface area contributed by atoms with Crippen LogP contribution in [0.15, 0.2) is 11.6 Å². The molecule has 6 nitrogen and oxygen atoms in total. The zero-order valence-electron chi connectivity index (χ0n) is 21.4. The molecule has 2 aliphatic heterocycles. The van der Waals surface area contributed by atoms with Crippen molar-refractivity contribution in [1.29, 1.82) is 0 Å². The summed E-state index contributed by atoms with van der Waals surface area (Å²) in [4.78, 5) is 12.8. The van der Waals surface area contributed by atoms with Crippen LogP contribution in [0.5, 0.6) is 0 Å². The number of methoxy groups -OCH3 is 1. The molecule has 0 aromatic carbocycles. The van der Waals surface area contributed by atoms with E-state index in [0.717, 1.165) is 32.3 Å². The Labute approximate surface area is 194 Å². The number of nitrogens with one attached hydrogen (secondary N) is 1. The van der Waals surface area contributed by atoms with Gasteiger partial charge in [0.1, 0.15) is 23.4 Å². The van der Waals surface area contributed by atoms with Gasteiger partial charge in [-0.3, -0.25) is 4.79 Å². The predicted molar refractivity (Wildman–Crippen MR) is 125 cm³/mol. The molecule has 0 aromatic rings. The summed E-state index contributed by atoms with van der Waals surface area (Å²) in [5.74, 6) is 0.893. The molecule has 0 radical (unpaired) electrons. The first kappa shape index (κ1) is 25.7. The first-order valence-corrected chi connectivity index (χ1v) is 12.4. The standard InChI is InChI=1S/C26H45NO5/c1-16(2)9-10-21-25(7,32-21)24-23(29-8)20(11-12-26(24)15-30-26)31-22(28)14-27-19(18(5)6)13-17(3)4/h9,17-21,23-24,27H,10-15H2,1-8H3. The topological polar surface area (TPSA) is 72.6 Å². The van der Waals surface area contributed by atoms with Gasteiger partial charge in [0.05, 0.1) is 25.2 Å². The van der Waals surface area contributed by atoms with E-state index >= 15 is 0 Å². The van der Waals surface area contributed by atoms with E-state index < -0.39 is 0 Å². The second-order valence-corrected chi connectivity index (χ2v) is 11.3. The third kappa shape index (κ3) is 5.75. The highest BCUT2D eigenvalue weighted by Gasteiger charge is 2.72. The lowest BCUT2D eigenvalue weighted by Gasteiger charge is -2.42. The molecule has 1 aliphatic carbocycles. The van der Waals surface area contributed by atoms with Crippen molar-refractivity contribution < 1.29 is 23.7 Å². The van der Waals surface area contributed by atoms with Gasteiger partial charge < -0.3 is 24.3 Å². The molecular formula is C26H45NO5. The van der Waals surface area contributed by atoms with Crippen molar-refractivity contribution in [3.63, 3.8) is 0 Å². The molecule has 0 amide bonds. The van der Waals surface area contributed by atoms with Gasteiger partial charge in [-0.15, -0.1) is 0 Å². The van der Waals surface area contributed by atoms with Gasteiger partial charge in [0, 0.05) is 13.2 Å². The van der Waals surface area contributed by atoms with E-state index in [4.69, 9.17) is 18.9 Å². The van der Waals surface area contributed by atoms with Gasteiger partial charge in [-0.2, -0.15) is 0 Å². The van der Waals surface area contributed by atoms with Crippen molar-refractivity contribution in [2.24, 2.45) is 17.8 Å². The zero-order valence-corrected chi connectivity index (χ0v) is 21.4. The summed E-state index contributed by atoms with van der Waals surface area (Å²) in [5, 5.41) is 3.42. The Hall–Kier alpha value is -0.950. The Morgan fingerprint density at radius 1 is 1.25 bits per heavy atom. The molecule has 0 aromatic heterocycles. The molecule has 1 spiro atoms. The fraction of sp³-hybridized carbons (Fsp3) is 0.885. The predicted octanol–water partition coefficient (Wildman–Crippen LogP) is 4.27. The third-order valence-electron chi connectivity index (χ3n) is 7.56. The van der Waals surface area contributed by atoms with E-state index in [9.17, 15) is 4.79 Å². The largest absolute Gasteiger partial charge is 0.459 e. The highest BCUT2D eigenvalue weighted by molar-refractivity contribution is 5.72. The van der Waals surface area contributed by atoms with Gasteiger partial charge in [0.15, 0.2) is 0 Å². The summed E-state index contributed by atoms with van der Waals surface area (Å²) in [6, 6.07) is 0.303. The average Bonchev–Trinajstić information content (AvgIpc) is 3.62. The molecule has 3 rings (SSSR count). The van der Waals surface area contributed by atoms with Crippen molar-refractivity contribution in [2.75, 3.05) is 20.3 Å². The number of rotatable bonds is 11. The van der Waals surface area contributed by atoms with Crippen LogP contribution in [0.3, 0.4) is 0 Å². The smallest absolute Gasteiger partial charge is 0.320 e. The minimum Gasteiger partial charge on any atom is -0.459 e. The number of epoxide rings is 2. The van der Waals surface area contributed by atoms with E-state index in [0.29, 0.717) is 17.9 Å². The molecule has 3 fully saturated rings. The molecule has 32 heavy (non-hydrogen) atoms. The van der Waals surface area contributed by atoms with Crippen LogP contribution in [-0.2, 0) is 23.7 Å². The van der Waals surface area contributed by atoms with Gasteiger partial charge in [0.2, 0.25) is 0 Å². The summed E-state index contributed by atoms with van der Waals surface area (Å²) in [6.07, 6.45) is 5.44. The summed E-state index contributed by atoms with van der Waals surface area (Å²) in [5.41, 5.74) is 0.784. The fourth-order valence-electron chi connectivity index (χ4n) is 5.59. The first-order chi connectivity index (χ1) is 15.0. The summed E-state index contributed by atoms with van der Waals surface area (Å²) in [6.45, 7) is 16.2. The quantitative estimate of drug-likeness (QED) is 0.287. The number of allylic oxidation sites excluding steroid dienone is 1. The summed E-state index contributed by atoms with van der Waals surface area (Å²) >= 11 is 0. The molecule has 7 atom stereocenters. The van der Waals surface area contributed by atoms with Crippen molar-refractivity contribution in [3.05, 3.63) is 11.6 Å². The summed E-state index contributed by atoms with van der Waals surface area (Å²) < 4.78 is 24.2. The van der Waals surface area contributed by atoms with Crippen LogP contribution in [0.4, 0.5) is 0 Å². The van der Waals surface area contributed by atoms with Crippen molar-refractivity contribution >= 4 is 5.97 Å². The SMILES string of the molecule is COC1C(OC(=O)CNC(CC(C)C)C(C)C)CCC2(CO2)C1C1(C)OC1CC=C(C)C. The van der Waals surface area contributed by atoms with E-state index in [1.54, 1.807) is 7.11 Å². The second-order valence-electron chi connectivity index (χ2n) is 11.3. The van der Waals surface area contributed by atoms with E-state index in [2.05, 4.69) is 59.9 Å². The Kier molecular flexibility index (Phi) is 8.12. The lowest BCUT2D eigenvalue weighted by atomic mass is 9.68. The maximum atomic E-state index is 12.8. The van der Waals surface area contributed by atoms with Crippen LogP contribution in [0.1, 0.15) is 74.1 Å². The Balaban J connectivity index is 1.63. The molecule has 7 unspecified atom stereocenters. The maximum Gasteiger partial charge on any atom is 0.320 e. The highest BCUT2D eigenvalue weighted by Crippen LogP contribution is 2.59. The molecule has 3 aliphatic rings. The van der Waals surface area contributed by atoms with Gasteiger partial charge in [-0.1, -0.05) is 39.3 Å². The highest BCUT2D eigenvalue weighted by atomic mass is 16.6. The van der Waals surface area contributed by atoms with Crippen molar-refractivity contribution in [2.45, 2.75) is 110 Å². The first-order valence-electron chi connectivity index (χ1n) is 12.4. The third-order valence-corrected chi connectivity index (χ3v) is 7.56. The van der Waals surface area contributed by atoms with Crippen molar-refractivity contribution in [1.82, 2.24) is 5.32 Å². The number of hydrogen-bond acceptors (Lipinski definition) is 6. The maximum absolute atomic E-state index is 12.8. The Bertz CT molecular complexity index is 682. The second kappa shape index (κ2) is 10.1. The lowest BCUT2D eigenvalue weighted by Crippen LogP contribution is -2.56. The van der Waals surface area contributed by atoms with Gasteiger partial charge >= 0.3 is 5.97 Å². The molecular weight excluding hydrogens is 406 g/mol. The molecule has 6 heteroatoms. The van der Waals surface area contributed by atoms with Crippen LogP contribution in [0, 0.1) is 17.8 Å². The summed E-state index contributed by atoms with van der Waals surface area (Å²) in [7, 11) is 1.71. The number of carbonyl (C=O) groups excluding carboxylic acids is 1. The molecule has 2 heterocycles. The molecule has 2 saturated heterocycles. The lowest BCUT2D eigenvalue weighted by molar-refractivity contribution is -0.171. The monoisotopic (exact) mass is 451 g/mol. The Morgan fingerprint density at radius 3 is 2.47 bits per heavy atom. The van der Waals surface area contributed by atoms with Gasteiger partial charge in [-0.25, -0.2) is 0 Å². The minimum absolute atomic E-state index is 0.0550. The number of esters is 1. The minimum atomic E-state index is -0.313. The Morgan fingerprint density at radius 2 is 1.94 bits per heavy atom. The van der Waals surface area contributed by atoms with Gasteiger partial charge in [0.25, 0.3) is 0 Å². The molecule has 184 valence electrons. The fourth-order valence-corrected chi connectivity index (χ4v) is 5.59. The van der Waals surface area contributed by atoms with Crippen LogP contribution in [-0.4, -0.2) is 61.8 Å². The molecule has 1 N–H and O–H groups in total. The number of ether oxygens (including phenoxy) is 4. The van der Waals surface area contributed by atoms with E-state index in [-0.39, 0.29) is 47.9 Å². The van der Waals surface area contributed by atoms with Crippen LogP contribution >= 0.6 is 0 Å². The van der Waals surface area contributed by atoms with E-state index in [1.807, 2.05) is 0 Å².